The van der Waals surface area contributed by atoms with Gasteiger partial charge in [-0.05, 0) is 48.2 Å². The summed E-state index contributed by atoms with van der Waals surface area (Å²) in [7, 11) is 0. The fraction of sp³-hybridized carbons (Fsp3) is 0.130. The molecule has 166 valence electrons. The van der Waals surface area contributed by atoms with E-state index < -0.39 is 11.4 Å². The Morgan fingerprint density at radius 2 is 1.97 bits per heavy atom. The van der Waals surface area contributed by atoms with Gasteiger partial charge in [0.05, 0.1) is 28.5 Å². The fourth-order valence-electron chi connectivity index (χ4n) is 3.88. The standard InChI is InChI=1S/C23H17Cl2FN6O/c1-2-17(31-22-20-21(28-10-27-20)29-11-30-22)19-7-12-3-5-14(26)9-15(12)23(33)32(19)18-8-13(24)4-6-16(18)25/h3-11,17H,2H2,1H3,(H2,27,28,29,30,31)/t17-/m0/s1. The van der Waals surface area contributed by atoms with E-state index >= 15 is 0 Å². The number of pyridine rings is 1. The Bertz CT molecular complexity index is 1560. The maximum atomic E-state index is 14.0. The first-order valence-corrected chi connectivity index (χ1v) is 10.9. The summed E-state index contributed by atoms with van der Waals surface area (Å²) >= 11 is 12.7. The van der Waals surface area contributed by atoms with Crippen LogP contribution in [0.25, 0.3) is 27.6 Å². The second kappa shape index (κ2) is 8.46. The lowest BCUT2D eigenvalue weighted by atomic mass is 10.0. The molecule has 0 aliphatic carbocycles. The second-order valence-electron chi connectivity index (χ2n) is 7.46. The number of rotatable bonds is 5. The van der Waals surface area contributed by atoms with Crippen molar-refractivity contribution >= 4 is 51.0 Å². The van der Waals surface area contributed by atoms with Gasteiger partial charge in [-0.3, -0.25) is 9.36 Å². The zero-order valence-electron chi connectivity index (χ0n) is 17.3. The number of aromatic amines is 1. The largest absolute Gasteiger partial charge is 0.360 e. The highest BCUT2D eigenvalue weighted by molar-refractivity contribution is 6.34. The van der Waals surface area contributed by atoms with Crippen molar-refractivity contribution in [2.45, 2.75) is 19.4 Å². The third-order valence-corrected chi connectivity index (χ3v) is 6.01. The highest BCUT2D eigenvalue weighted by atomic mass is 35.5. The van der Waals surface area contributed by atoms with Crippen molar-refractivity contribution in [3.05, 3.63) is 87.0 Å². The average molecular weight is 483 g/mol. The highest BCUT2D eigenvalue weighted by Gasteiger charge is 2.22. The minimum atomic E-state index is -0.497. The first kappa shape index (κ1) is 21.4. The molecule has 5 rings (SSSR count). The van der Waals surface area contributed by atoms with Gasteiger partial charge in [0.25, 0.3) is 5.56 Å². The summed E-state index contributed by atoms with van der Waals surface area (Å²) in [5, 5.41) is 4.98. The van der Waals surface area contributed by atoms with E-state index in [4.69, 9.17) is 23.2 Å². The van der Waals surface area contributed by atoms with Crippen molar-refractivity contribution in [2.24, 2.45) is 0 Å². The Labute approximate surface area is 197 Å². The van der Waals surface area contributed by atoms with Gasteiger partial charge in [0.15, 0.2) is 11.5 Å². The van der Waals surface area contributed by atoms with Crippen LogP contribution in [0, 0.1) is 5.82 Å². The van der Waals surface area contributed by atoms with E-state index in [0.29, 0.717) is 50.2 Å². The van der Waals surface area contributed by atoms with Crippen molar-refractivity contribution in [3.8, 4) is 5.69 Å². The summed E-state index contributed by atoms with van der Waals surface area (Å²) in [5.74, 6) is 0.0201. The van der Waals surface area contributed by atoms with E-state index in [1.807, 2.05) is 13.0 Å². The smallest absolute Gasteiger partial charge is 0.263 e. The van der Waals surface area contributed by atoms with Crippen molar-refractivity contribution in [1.82, 2.24) is 24.5 Å². The van der Waals surface area contributed by atoms with Crippen LogP contribution in [0.15, 0.2) is 59.9 Å². The SMILES string of the molecule is CC[C@H](Nc1ncnc2[nH]cnc12)c1cc2ccc(F)cc2c(=O)n1-c1cc(Cl)ccc1Cl. The van der Waals surface area contributed by atoms with Crippen LogP contribution >= 0.6 is 23.2 Å². The molecule has 0 spiro atoms. The monoisotopic (exact) mass is 482 g/mol. The van der Waals surface area contributed by atoms with Gasteiger partial charge < -0.3 is 10.3 Å². The molecule has 0 amide bonds. The van der Waals surface area contributed by atoms with Gasteiger partial charge in [0.2, 0.25) is 0 Å². The second-order valence-corrected chi connectivity index (χ2v) is 8.31. The first-order valence-electron chi connectivity index (χ1n) is 10.2. The molecule has 1 atom stereocenters. The van der Waals surface area contributed by atoms with Crippen LogP contribution in [0.5, 0.6) is 0 Å². The van der Waals surface area contributed by atoms with Crippen molar-refractivity contribution in [3.63, 3.8) is 0 Å². The van der Waals surface area contributed by atoms with Gasteiger partial charge in [-0.1, -0.05) is 36.2 Å². The molecule has 0 saturated carbocycles. The molecule has 0 aliphatic rings. The molecule has 2 aromatic carbocycles. The summed E-state index contributed by atoms with van der Waals surface area (Å²) in [4.78, 5) is 29.4. The number of H-pyrrole nitrogens is 1. The Kier molecular flexibility index (Phi) is 5.47. The molecule has 0 unspecified atom stereocenters. The number of imidazole rings is 1. The quantitative estimate of drug-likeness (QED) is 0.337. The summed E-state index contributed by atoms with van der Waals surface area (Å²) in [6.07, 6.45) is 3.57. The first-order chi connectivity index (χ1) is 16.0. The van der Waals surface area contributed by atoms with Crippen LogP contribution < -0.4 is 10.9 Å². The van der Waals surface area contributed by atoms with Crippen molar-refractivity contribution < 1.29 is 4.39 Å². The van der Waals surface area contributed by atoms with E-state index in [1.165, 1.54) is 29.4 Å². The molecule has 3 aromatic heterocycles. The lowest BCUT2D eigenvalue weighted by Gasteiger charge is -2.24. The molecule has 7 nitrogen and oxygen atoms in total. The predicted molar refractivity (Wildman–Crippen MR) is 128 cm³/mol. The summed E-state index contributed by atoms with van der Waals surface area (Å²) < 4.78 is 15.5. The van der Waals surface area contributed by atoms with Crippen LogP contribution in [0.4, 0.5) is 10.2 Å². The van der Waals surface area contributed by atoms with Crippen LogP contribution in [0.3, 0.4) is 0 Å². The molecule has 0 bridgehead atoms. The number of halogens is 3. The number of aromatic nitrogens is 5. The fourth-order valence-corrected chi connectivity index (χ4v) is 4.25. The summed E-state index contributed by atoms with van der Waals surface area (Å²) in [6, 6.07) is 10.5. The molecular formula is C23H17Cl2FN6O. The number of nitrogens with one attached hydrogen (secondary N) is 2. The van der Waals surface area contributed by atoms with Gasteiger partial charge in [0.1, 0.15) is 17.7 Å². The number of benzene rings is 2. The van der Waals surface area contributed by atoms with Gasteiger partial charge in [0, 0.05) is 10.7 Å². The summed E-state index contributed by atoms with van der Waals surface area (Å²) in [5.41, 5.74) is 1.79. The Morgan fingerprint density at radius 3 is 2.79 bits per heavy atom. The van der Waals surface area contributed by atoms with Crippen LogP contribution in [0.1, 0.15) is 25.1 Å². The molecule has 2 N–H and O–H groups in total. The minimum absolute atomic E-state index is 0.237. The third-order valence-electron chi connectivity index (χ3n) is 5.45. The van der Waals surface area contributed by atoms with E-state index in [2.05, 4.69) is 25.3 Å². The molecule has 0 fully saturated rings. The number of nitrogens with zero attached hydrogens (tertiary/aromatic N) is 4. The lowest BCUT2D eigenvalue weighted by molar-refractivity contribution is 0.629. The van der Waals surface area contributed by atoms with Crippen molar-refractivity contribution in [2.75, 3.05) is 5.32 Å². The van der Waals surface area contributed by atoms with Gasteiger partial charge in [-0.2, -0.15) is 0 Å². The summed E-state index contributed by atoms with van der Waals surface area (Å²) in [6.45, 7) is 1.98. The number of hydrogen-bond donors (Lipinski definition) is 2. The van der Waals surface area contributed by atoms with Crippen LogP contribution in [-0.2, 0) is 0 Å². The van der Waals surface area contributed by atoms with Crippen LogP contribution in [0.2, 0.25) is 10.0 Å². The van der Waals surface area contributed by atoms with E-state index in [0.717, 1.165) is 0 Å². The average Bonchev–Trinajstić information content (AvgIpc) is 3.29. The maximum Gasteiger partial charge on any atom is 0.263 e. The lowest BCUT2D eigenvalue weighted by Crippen LogP contribution is -2.27. The molecule has 0 radical (unpaired) electrons. The molecule has 0 aliphatic heterocycles. The Morgan fingerprint density at radius 1 is 1.12 bits per heavy atom. The number of anilines is 1. The molecule has 3 heterocycles. The van der Waals surface area contributed by atoms with E-state index in [9.17, 15) is 9.18 Å². The molecule has 33 heavy (non-hydrogen) atoms. The normalized spacial score (nSPS) is 12.4. The highest BCUT2D eigenvalue weighted by Crippen LogP contribution is 2.31. The minimum Gasteiger partial charge on any atom is -0.360 e. The zero-order valence-corrected chi connectivity index (χ0v) is 18.8. The number of hydrogen-bond acceptors (Lipinski definition) is 5. The van der Waals surface area contributed by atoms with Crippen LogP contribution in [-0.4, -0.2) is 24.5 Å². The molecule has 0 saturated heterocycles. The molecule has 10 heteroatoms. The third kappa shape index (κ3) is 3.81. The Hall–Kier alpha value is -3.49. The zero-order chi connectivity index (χ0) is 23.1. The Balaban J connectivity index is 1.76. The van der Waals surface area contributed by atoms with Gasteiger partial charge in [-0.15, -0.1) is 0 Å². The number of fused-ring (bicyclic) bond motifs is 2. The molecular weight excluding hydrogens is 466 g/mol. The molecule has 5 aromatic rings. The topological polar surface area (TPSA) is 88.5 Å². The van der Waals surface area contributed by atoms with Gasteiger partial charge >= 0.3 is 0 Å². The van der Waals surface area contributed by atoms with Crippen molar-refractivity contribution in [1.29, 1.82) is 0 Å². The van der Waals surface area contributed by atoms with Gasteiger partial charge in [-0.25, -0.2) is 19.3 Å². The maximum absolute atomic E-state index is 14.0. The van der Waals surface area contributed by atoms with E-state index in [-0.39, 0.29) is 11.4 Å². The predicted octanol–water partition coefficient (Wildman–Crippen LogP) is 5.67. The van der Waals surface area contributed by atoms with E-state index in [1.54, 1.807) is 24.3 Å².